The molecule has 0 aliphatic carbocycles. The van der Waals surface area contributed by atoms with Gasteiger partial charge in [-0.25, -0.2) is 8.42 Å². The van der Waals surface area contributed by atoms with E-state index in [1.54, 1.807) is 18.2 Å². The number of fused-ring (bicyclic) bond motifs is 1. The minimum atomic E-state index is -3.66. The van der Waals surface area contributed by atoms with E-state index >= 15 is 0 Å². The zero-order valence-corrected chi connectivity index (χ0v) is 17.5. The monoisotopic (exact) mass is 404 g/mol. The molecule has 0 saturated heterocycles. The van der Waals surface area contributed by atoms with Gasteiger partial charge in [-0.15, -0.1) is 0 Å². The van der Waals surface area contributed by atoms with E-state index in [2.05, 4.69) is 30.5 Å². The fraction of sp³-hybridized carbons (Fsp3) is 0.167. The molecule has 4 aromatic rings. The maximum atomic E-state index is 12.9. The molecular formula is C24H24N2O2S. The van der Waals surface area contributed by atoms with E-state index in [1.807, 2.05) is 60.8 Å². The summed E-state index contributed by atoms with van der Waals surface area (Å²) in [6, 6.07) is 22.6. The smallest absolute Gasteiger partial charge is 0.261 e. The zero-order chi connectivity index (χ0) is 20.6. The standard InChI is InChI=1S/C24H24N2O2S/c1-24(2,3)18-9-12-20(13-10-18)29(27,28)26-19-11-14-23-21(15-19)22(16-25-23)17-7-5-4-6-8-17/h4-16,25-26H,1-3H3. The summed E-state index contributed by atoms with van der Waals surface area (Å²) in [5.41, 5.74) is 4.68. The van der Waals surface area contributed by atoms with Crippen LogP contribution in [0.2, 0.25) is 0 Å². The van der Waals surface area contributed by atoms with Gasteiger partial charge in [0.25, 0.3) is 10.0 Å². The van der Waals surface area contributed by atoms with Crippen LogP contribution in [0.3, 0.4) is 0 Å². The van der Waals surface area contributed by atoms with Gasteiger partial charge >= 0.3 is 0 Å². The molecule has 0 aliphatic heterocycles. The highest BCUT2D eigenvalue weighted by atomic mass is 32.2. The first-order chi connectivity index (χ1) is 13.7. The Balaban J connectivity index is 1.67. The Labute approximate surface area is 171 Å². The Morgan fingerprint density at radius 1 is 0.862 bits per heavy atom. The number of hydrogen-bond acceptors (Lipinski definition) is 2. The molecule has 0 radical (unpaired) electrons. The number of aromatic amines is 1. The largest absolute Gasteiger partial charge is 0.361 e. The van der Waals surface area contributed by atoms with Gasteiger partial charge < -0.3 is 4.98 Å². The number of benzene rings is 3. The molecule has 5 heteroatoms. The lowest BCUT2D eigenvalue weighted by atomic mass is 9.87. The molecule has 0 atom stereocenters. The predicted octanol–water partition coefficient (Wildman–Crippen LogP) is 5.93. The second kappa shape index (κ2) is 7.08. The second-order valence-electron chi connectivity index (χ2n) is 8.21. The van der Waals surface area contributed by atoms with E-state index < -0.39 is 10.0 Å². The highest BCUT2D eigenvalue weighted by Gasteiger charge is 2.18. The third-order valence-electron chi connectivity index (χ3n) is 5.05. The number of H-pyrrole nitrogens is 1. The van der Waals surface area contributed by atoms with Crippen molar-refractivity contribution in [3.05, 3.63) is 84.6 Å². The van der Waals surface area contributed by atoms with Crippen molar-refractivity contribution in [1.29, 1.82) is 0 Å². The van der Waals surface area contributed by atoms with Crippen LogP contribution in [0.15, 0.2) is 83.9 Å². The van der Waals surface area contributed by atoms with Crippen LogP contribution in [-0.4, -0.2) is 13.4 Å². The fourth-order valence-electron chi connectivity index (χ4n) is 3.39. The number of rotatable bonds is 4. The molecule has 4 nitrogen and oxygen atoms in total. The van der Waals surface area contributed by atoms with Crippen molar-refractivity contribution in [3.63, 3.8) is 0 Å². The van der Waals surface area contributed by atoms with E-state index in [4.69, 9.17) is 0 Å². The Morgan fingerprint density at radius 2 is 1.55 bits per heavy atom. The number of anilines is 1. The van der Waals surface area contributed by atoms with Crippen molar-refractivity contribution >= 4 is 26.6 Å². The zero-order valence-electron chi connectivity index (χ0n) is 16.7. The van der Waals surface area contributed by atoms with E-state index in [0.29, 0.717) is 5.69 Å². The van der Waals surface area contributed by atoms with Gasteiger partial charge in [-0.1, -0.05) is 63.2 Å². The van der Waals surface area contributed by atoms with Crippen LogP contribution < -0.4 is 4.72 Å². The quantitative estimate of drug-likeness (QED) is 0.443. The molecule has 4 rings (SSSR count). The molecule has 148 valence electrons. The summed E-state index contributed by atoms with van der Waals surface area (Å²) in [5, 5.41) is 0.972. The molecule has 0 spiro atoms. The first-order valence-corrected chi connectivity index (χ1v) is 11.0. The summed E-state index contributed by atoms with van der Waals surface area (Å²) in [7, 11) is -3.66. The van der Waals surface area contributed by atoms with Crippen molar-refractivity contribution in [2.75, 3.05) is 4.72 Å². The van der Waals surface area contributed by atoms with Crippen molar-refractivity contribution in [1.82, 2.24) is 4.98 Å². The number of nitrogens with one attached hydrogen (secondary N) is 2. The Kier molecular flexibility index (Phi) is 4.71. The first kappa shape index (κ1) is 19.3. The van der Waals surface area contributed by atoms with Crippen molar-refractivity contribution in [2.24, 2.45) is 0 Å². The van der Waals surface area contributed by atoms with Gasteiger partial charge in [-0.05, 0) is 46.9 Å². The van der Waals surface area contributed by atoms with Gasteiger partial charge in [0, 0.05) is 28.4 Å². The number of hydrogen-bond donors (Lipinski definition) is 2. The van der Waals surface area contributed by atoms with Gasteiger partial charge in [0.15, 0.2) is 0 Å². The molecule has 2 N–H and O–H groups in total. The second-order valence-corrected chi connectivity index (χ2v) is 9.89. The molecular weight excluding hydrogens is 380 g/mol. The van der Waals surface area contributed by atoms with Gasteiger partial charge in [-0.3, -0.25) is 4.72 Å². The van der Waals surface area contributed by atoms with Crippen LogP contribution in [0, 0.1) is 0 Å². The third-order valence-corrected chi connectivity index (χ3v) is 6.45. The van der Waals surface area contributed by atoms with E-state index in [1.165, 1.54) is 0 Å². The summed E-state index contributed by atoms with van der Waals surface area (Å²) in [6.45, 7) is 6.31. The number of sulfonamides is 1. The summed E-state index contributed by atoms with van der Waals surface area (Å²) >= 11 is 0. The molecule has 0 fully saturated rings. The van der Waals surface area contributed by atoms with Gasteiger partial charge in [0.05, 0.1) is 4.90 Å². The van der Waals surface area contributed by atoms with E-state index in [-0.39, 0.29) is 10.3 Å². The lowest BCUT2D eigenvalue weighted by molar-refractivity contribution is 0.587. The average Bonchev–Trinajstić information content (AvgIpc) is 3.11. The SMILES string of the molecule is CC(C)(C)c1ccc(S(=O)(=O)Nc2ccc3[nH]cc(-c4ccccc4)c3c2)cc1. The maximum absolute atomic E-state index is 12.9. The van der Waals surface area contributed by atoms with Crippen molar-refractivity contribution in [2.45, 2.75) is 31.1 Å². The summed E-state index contributed by atoms with van der Waals surface area (Å²) in [5.74, 6) is 0. The Morgan fingerprint density at radius 3 is 2.21 bits per heavy atom. The third kappa shape index (κ3) is 3.91. The van der Waals surface area contributed by atoms with Crippen molar-refractivity contribution in [3.8, 4) is 11.1 Å². The van der Waals surface area contributed by atoms with Crippen LogP contribution in [0.25, 0.3) is 22.0 Å². The van der Waals surface area contributed by atoms with E-state index in [0.717, 1.165) is 27.6 Å². The Hall–Kier alpha value is -3.05. The predicted molar refractivity (Wildman–Crippen MR) is 120 cm³/mol. The molecule has 0 amide bonds. The fourth-order valence-corrected chi connectivity index (χ4v) is 4.44. The highest BCUT2D eigenvalue weighted by molar-refractivity contribution is 7.92. The lowest BCUT2D eigenvalue weighted by Gasteiger charge is -2.19. The molecule has 0 saturated carbocycles. The summed E-state index contributed by atoms with van der Waals surface area (Å²) < 4.78 is 28.5. The van der Waals surface area contributed by atoms with Gasteiger partial charge in [-0.2, -0.15) is 0 Å². The van der Waals surface area contributed by atoms with Crippen LogP contribution in [-0.2, 0) is 15.4 Å². The van der Waals surface area contributed by atoms with E-state index in [9.17, 15) is 8.42 Å². The maximum Gasteiger partial charge on any atom is 0.261 e. The lowest BCUT2D eigenvalue weighted by Crippen LogP contribution is -2.14. The molecule has 1 aromatic heterocycles. The molecule has 1 heterocycles. The average molecular weight is 405 g/mol. The molecule has 29 heavy (non-hydrogen) atoms. The first-order valence-electron chi connectivity index (χ1n) is 9.54. The molecule has 0 unspecified atom stereocenters. The topological polar surface area (TPSA) is 62.0 Å². The van der Waals surface area contributed by atoms with Crippen LogP contribution in [0.4, 0.5) is 5.69 Å². The highest BCUT2D eigenvalue weighted by Crippen LogP contribution is 2.31. The van der Waals surface area contributed by atoms with Crippen LogP contribution in [0.1, 0.15) is 26.3 Å². The minimum Gasteiger partial charge on any atom is -0.361 e. The molecule has 0 aliphatic rings. The molecule has 0 bridgehead atoms. The van der Waals surface area contributed by atoms with Crippen LogP contribution >= 0.6 is 0 Å². The van der Waals surface area contributed by atoms with Crippen molar-refractivity contribution < 1.29 is 8.42 Å². The summed E-state index contributed by atoms with van der Waals surface area (Å²) in [6.07, 6.45) is 1.95. The minimum absolute atomic E-state index is 0.0249. The van der Waals surface area contributed by atoms with Crippen LogP contribution in [0.5, 0.6) is 0 Å². The summed E-state index contributed by atoms with van der Waals surface area (Å²) in [4.78, 5) is 3.50. The van der Waals surface area contributed by atoms with Gasteiger partial charge in [0.1, 0.15) is 0 Å². The Bertz CT molecular complexity index is 1250. The molecule has 3 aromatic carbocycles. The van der Waals surface area contributed by atoms with Gasteiger partial charge in [0.2, 0.25) is 0 Å². The normalized spacial score (nSPS) is 12.2. The number of aromatic nitrogens is 1.